The molecule has 0 radical (unpaired) electrons. The maximum Gasteiger partial charge on any atom is 0.277 e. The number of carbonyl (C=O) groups is 1. The Hall–Kier alpha value is -2.14. The number of carbonyl (C=O) groups excluding carboxylic acids is 1. The van der Waals surface area contributed by atoms with Gasteiger partial charge in [-0.1, -0.05) is 18.5 Å². The lowest BCUT2D eigenvalue weighted by Gasteiger charge is -2.39. The third-order valence-corrected chi connectivity index (χ3v) is 6.81. The van der Waals surface area contributed by atoms with Gasteiger partial charge in [-0.2, -0.15) is 0 Å². The zero-order chi connectivity index (χ0) is 22.9. The van der Waals surface area contributed by atoms with Crippen LogP contribution >= 0.6 is 11.6 Å². The van der Waals surface area contributed by atoms with E-state index in [4.69, 9.17) is 21.1 Å². The minimum absolute atomic E-state index is 0.000643. The van der Waals surface area contributed by atoms with E-state index in [1.54, 1.807) is 11.8 Å². The second-order valence-corrected chi connectivity index (χ2v) is 9.71. The summed E-state index contributed by atoms with van der Waals surface area (Å²) in [5.41, 5.74) is -0.263. The first-order valence-corrected chi connectivity index (χ1v) is 12.2. The van der Waals surface area contributed by atoms with E-state index in [2.05, 4.69) is 5.10 Å². The van der Waals surface area contributed by atoms with Gasteiger partial charge in [-0.05, 0) is 25.5 Å². The number of methoxy groups -OCH3 is 1. The maximum atomic E-state index is 13.1. The quantitative estimate of drug-likeness (QED) is 0.615. The van der Waals surface area contributed by atoms with Crippen LogP contribution in [-0.2, 0) is 25.9 Å². The molecule has 1 saturated heterocycles. The van der Waals surface area contributed by atoms with Crippen molar-refractivity contribution in [2.45, 2.75) is 44.1 Å². The highest BCUT2D eigenvalue weighted by atomic mass is 35.5. The molecule has 0 saturated carbocycles. The molecule has 1 aliphatic heterocycles. The molecule has 0 aliphatic carbocycles. The number of hydrogen-bond donors (Lipinski definition) is 1. The number of rotatable bonds is 7. The molecule has 1 N–H and O–H groups in total. The zero-order valence-electron chi connectivity index (χ0n) is 17.8. The molecule has 1 aromatic heterocycles. The lowest BCUT2D eigenvalue weighted by atomic mass is 10.0. The summed E-state index contributed by atoms with van der Waals surface area (Å²) in [5, 5.41) is 2.71. The molecule has 2 aromatic rings. The Balaban J connectivity index is 2.16. The van der Waals surface area contributed by atoms with Crippen LogP contribution in [0.25, 0.3) is 0 Å². The van der Waals surface area contributed by atoms with Crippen molar-refractivity contribution < 1.29 is 22.7 Å². The van der Waals surface area contributed by atoms with Crippen LogP contribution < -0.4 is 10.5 Å². The number of morpholine rings is 1. The number of aryl methyl sites for hydroxylation is 1. The first kappa shape index (κ1) is 23.5. The van der Waals surface area contributed by atoms with Gasteiger partial charge in [0.15, 0.2) is 16.1 Å². The minimum atomic E-state index is -3.66. The van der Waals surface area contributed by atoms with E-state index < -0.39 is 27.5 Å². The molecule has 2 atom stereocenters. The second-order valence-electron chi connectivity index (χ2n) is 7.35. The van der Waals surface area contributed by atoms with Crippen molar-refractivity contribution in [1.29, 1.82) is 0 Å². The standard InChI is InChI=1S/C20H26ClN3O6S/c1-5-12-10-23(11-16(29-3)30-12)18-15(31(4,27)28)8-7-13(17(18)21)19(25)14-9-22-24(6-2)20(14)26/h7-9,12,16,22H,5-6,10-11H2,1-4H3. The Morgan fingerprint density at radius 2 is 2.00 bits per heavy atom. The lowest BCUT2D eigenvalue weighted by Crippen LogP contribution is -2.48. The van der Waals surface area contributed by atoms with E-state index >= 15 is 0 Å². The van der Waals surface area contributed by atoms with E-state index in [1.807, 2.05) is 6.92 Å². The number of aromatic nitrogens is 2. The average molecular weight is 472 g/mol. The molecule has 1 aromatic carbocycles. The number of hydrogen-bond acceptors (Lipinski definition) is 7. The minimum Gasteiger partial charge on any atom is -0.362 e. The molecule has 3 rings (SSSR count). The molecular formula is C20H26ClN3O6S. The highest BCUT2D eigenvalue weighted by Gasteiger charge is 2.33. The number of nitrogens with zero attached hydrogens (tertiary/aromatic N) is 2. The van der Waals surface area contributed by atoms with Gasteiger partial charge in [0.25, 0.3) is 5.56 Å². The molecule has 11 heteroatoms. The second kappa shape index (κ2) is 9.15. The zero-order valence-corrected chi connectivity index (χ0v) is 19.4. The van der Waals surface area contributed by atoms with Crippen molar-refractivity contribution in [3.05, 3.63) is 44.8 Å². The van der Waals surface area contributed by atoms with E-state index in [0.717, 1.165) is 6.26 Å². The summed E-state index contributed by atoms with van der Waals surface area (Å²) in [5.74, 6) is -0.580. The van der Waals surface area contributed by atoms with Crippen molar-refractivity contribution in [1.82, 2.24) is 9.78 Å². The molecule has 31 heavy (non-hydrogen) atoms. The fraction of sp³-hybridized carbons (Fsp3) is 0.500. The van der Waals surface area contributed by atoms with Gasteiger partial charge < -0.3 is 19.5 Å². The summed E-state index contributed by atoms with van der Waals surface area (Å²) >= 11 is 6.65. The Morgan fingerprint density at radius 1 is 1.29 bits per heavy atom. The fourth-order valence-electron chi connectivity index (χ4n) is 3.61. The van der Waals surface area contributed by atoms with Crippen LogP contribution in [0.1, 0.15) is 36.2 Å². The first-order chi connectivity index (χ1) is 14.6. The average Bonchev–Trinajstić information content (AvgIpc) is 3.12. The molecular weight excluding hydrogens is 446 g/mol. The number of anilines is 1. The van der Waals surface area contributed by atoms with E-state index in [9.17, 15) is 18.0 Å². The number of ketones is 1. The van der Waals surface area contributed by atoms with Crippen LogP contribution in [0.15, 0.2) is 28.0 Å². The summed E-state index contributed by atoms with van der Waals surface area (Å²) in [6.07, 6.45) is 2.31. The summed E-state index contributed by atoms with van der Waals surface area (Å²) in [6, 6.07) is 2.70. The Bertz CT molecular complexity index is 1130. The molecule has 2 unspecified atom stereocenters. The van der Waals surface area contributed by atoms with Crippen LogP contribution in [0.4, 0.5) is 5.69 Å². The van der Waals surface area contributed by atoms with Crippen LogP contribution in [0.2, 0.25) is 5.02 Å². The number of halogens is 1. The predicted octanol–water partition coefficient (Wildman–Crippen LogP) is 2.07. The number of aromatic amines is 1. The SMILES string of the molecule is CCC1CN(c2c(S(C)(=O)=O)ccc(C(=O)c3c[nH]n(CC)c3=O)c2Cl)CC(OC)O1. The Labute approximate surface area is 185 Å². The van der Waals surface area contributed by atoms with Gasteiger partial charge in [0.2, 0.25) is 5.78 Å². The third kappa shape index (κ3) is 4.57. The smallest absolute Gasteiger partial charge is 0.277 e. The van der Waals surface area contributed by atoms with Crippen molar-refractivity contribution in [2.75, 3.05) is 31.4 Å². The number of ether oxygens (including phenoxy) is 2. The van der Waals surface area contributed by atoms with Crippen molar-refractivity contribution in [2.24, 2.45) is 0 Å². The Morgan fingerprint density at radius 3 is 2.55 bits per heavy atom. The van der Waals surface area contributed by atoms with Gasteiger partial charge in [-0.15, -0.1) is 0 Å². The topological polar surface area (TPSA) is 111 Å². The van der Waals surface area contributed by atoms with Crippen molar-refractivity contribution >= 4 is 32.9 Å². The van der Waals surface area contributed by atoms with Gasteiger partial charge in [-0.3, -0.25) is 14.3 Å². The van der Waals surface area contributed by atoms with Gasteiger partial charge >= 0.3 is 0 Å². The van der Waals surface area contributed by atoms with Gasteiger partial charge in [0.05, 0.1) is 28.3 Å². The largest absolute Gasteiger partial charge is 0.362 e. The fourth-order valence-corrected chi connectivity index (χ4v) is 4.93. The van der Waals surface area contributed by atoms with Crippen LogP contribution in [-0.4, -0.2) is 62.8 Å². The van der Waals surface area contributed by atoms with Crippen LogP contribution in [0.5, 0.6) is 0 Å². The molecule has 0 bridgehead atoms. The highest BCUT2D eigenvalue weighted by molar-refractivity contribution is 7.90. The number of nitrogens with one attached hydrogen (secondary N) is 1. The van der Waals surface area contributed by atoms with Gasteiger partial charge in [-0.25, -0.2) is 8.42 Å². The molecule has 2 heterocycles. The Kier molecular flexibility index (Phi) is 6.95. The highest BCUT2D eigenvalue weighted by Crippen LogP contribution is 2.38. The van der Waals surface area contributed by atoms with Crippen molar-refractivity contribution in [3.8, 4) is 0 Å². The predicted molar refractivity (Wildman–Crippen MR) is 117 cm³/mol. The van der Waals surface area contributed by atoms with E-state index in [-0.39, 0.29) is 39.4 Å². The first-order valence-electron chi connectivity index (χ1n) is 9.90. The normalized spacial score (nSPS) is 19.6. The van der Waals surface area contributed by atoms with Crippen molar-refractivity contribution in [3.63, 3.8) is 0 Å². The number of benzene rings is 1. The summed E-state index contributed by atoms with van der Waals surface area (Å²) in [7, 11) is -2.16. The molecule has 0 spiro atoms. The molecule has 0 amide bonds. The summed E-state index contributed by atoms with van der Waals surface area (Å²) < 4.78 is 37.5. The van der Waals surface area contributed by atoms with Crippen LogP contribution in [0, 0.1) is 0 Å². The maximum absolute atomic E-state index is 13.1. The monoisotopic (exact) mass is 471 g/mol. The third-order valence-electron chi connectivity index (χ3n) is 5.30. The van der Waals surface area contributed by atoms with Crippen LogP contribution in [0.3, 0.4) is 0 Å². The van der Waals surface area contributed by atoms with Gasteiger partial charge in [0.1, 0.15) is 5.56 Å². The summed E-state index contributed by atoms with van der Waals surface area (Å²) in [6.45, 7) is 4.71. The van der Waals surface area contributed by atoms with E-state index in [1.165, 1.54) is 30.1 Å². The lowest BCUT2D eigenvalue weighted by molar-refractivity contribution is -0.162. The van der Waals surface area contributed by atoms with E-state index in [0.29, 0.717) is 19.5 Å². The molecule has 170 valence electrons. The molecule has 9 nitrogen and oxygen atoms in total. The number of sulfone groups is 1. The molecule has 1 fully saturated rings. The van der Waals surface area contributed by atoms with Gasteiger partial charge in [0, 0.05) is 38.2 Å². The molecule has 1 aliphatic rings. The number of H-pyrrole nitrogens is 1. The summed E-state index contributed by atoms with van der Waals surface area (Å²) in [4.78, 5) is 27.3.